The van der Waals surface area contributed by atoms with Crippen LogP contribution in [0.2, 0.25) is 0 Å². The quantitative estimate of drug-likeness (QED) is 0.705. The number of hydrogen-bond acceptors (Lipinski definition) is 2. The summed E-state index contributed by atoms with van der Waals surface area (Å²) in [6.45, 7) is 0. The van der Waals surface area contributed by atoms with Gasteiger partial charge in [-0.05, 0) is 18.2 Å². The molecular weight excluding hydrogens is 253 g/mol. The van der Waals surface area contributed by atoms with Crippen LogP contribution in [0, 0.1) is 17.1 Å². The molecule has 0 saturated carbocycles. The summed E-state index contributed by atoms with van der Waals surface area (Å²) >= 11 is 4.46. The normalized spacial score (nSPS) is 10.2. The van der Waals surface area contributed by atoms with E-state index in [1.807, 2.05) is 12.1 Å². The number of nitriles is 1. The number of nitrogens with zero attached hydrogens (tertiary/aromatic N) is 1. The van der Waals surface area contributed by atoms with Gasteiger partial charge in [0.15, 0.2) is 5.82 Å². The molecule has 0 N–H and O–H groups in total. The zero-order valence-electron chi connectivity index (χ0n) is 6.34. The highest BCUT2D eigenvalue weighted by Gasteiger charge is 2.10. The number of hydrogen-bond donors (Lipinski definition) is 0. The monoisotopic (exact) mass is 255 g/mol. The zero-order chi connectivity index (χ0) is 9.42. The van der Waals surface area contributed by atoms with Crippen molar-refractivity contribution in [1.29, 1.82) is 5.26 Å². The lowest BCUT2D eigenvalue weighted by Gasteiger charge is -1.89. The fourth-order valence-corrected chi connectivity index (χ4v) is 2.54. The molecule has 0 saturated heterocycles. The van der Waals surface area contributed by atoms with E-state index >= 15 is 0 Å². The minimum atomic E-state index is -0.407. The summed E-state index contributed by atoms with van der Waals surface area (Å²) in [7, 11) is 0. The molecule has 0 bridgehead atoms. The molecule has 2 aromatic rings. The highest BCUT2D eigenvalue weighted by Crippen LogP contribution is 2.31. The van der Waals surface area contributed by atoms with E-state index in [0.29, 0.717) is 5.39 Å². The van der Waals surface area contributed by atoms with Crippen molar-refractivity contribution >= 4 is 37.4 Å². The molecule has 0 radical (unpaired) electrons. The molecule has 1 heterocycles. The molecule has 4 heteroatoms. The molecule has 0 aliphatic rings. The van der Waals surface area contributed by atoms with Crippen LogP contribution in [0.15, 0.2) is 22.7 Å². The number of rotatable bonds is 0. The first kappa shape index (κ1) is 8.67. The molecule has 0 unspecified atom stereocenters. The Bertz CT molecular complexity index is 512. The first-order chi connectivity index (χ1) is 6.22. The number of benzene rings is 1. The van der Waals surface area contributed by atoms with Gasteiger partial charge in [-0.15, -0.1) is 11.3 Å². The number of halogens is 2. The van der Waals surface area contributed by atoms with Crippen molar-refractivity contribution in [3.8, 4) is 6.07 Å². The van der Waals surface area contributed by atoms with Crippen LogP contribution in [0.3, 0.4) is 0 Å². The van der Waals surface area contributed by atoms with Crippen molar-refractivity contribution in [3.63, 3.8) is 0 Å². The Labute approximate surface area is 86.5 Å². The average molecular weight is 256 g/mol. The van der Waals surface area contributed by atoms with Crippen molar-refractivity contribution in [2.45, 2.75) is 0 Å². The topological polar surface area (TPSA) is 23.8 Å². The van der Waals surface area contributed by atoms with E-state index in [9.17, 15) is 4.39 Å². The van der Waals surface area contributed by atoms with Gasteiger partial charge in [0, 0.05) is 14.6 Å². The second-order valence-corrected chi connectivity index (χ2v) is 4.47. The third-order valence-corrected chi connectivity index (χ3v) is 3.22. The molecule has 0 amide bonds. The van der Waals surface area contributed by atoms with Gasteiger partial charge < -0.3 is 0 Å². The molecule has 2 rings (SSSR count). The third kappa shape index (κ3) is 1.34. The molecule has 1 aromatic heterocycles. The van der Waals surface area contributed by atoms with Gasteiger partial charge in [0.1, 0.15) is 10.9 Å². The Morgan fingerprint density at radius 3 is 2.92 bits per heavy atom. The summed E-state index contributed by atoms with van der Waals surface area (Å²) in [6.07, 6.45) is 0. The summed E-state index contributed by atoms with van der Waals surface area (Å²) in [5, 5.41) is 9.12. The van der Waals surface area contributed by atoms with E-state index in [2.05, 4.69) is 15.9 Å². The Hall–Kier alpha value is -0.920. The molecule has 0 spiro atoms. The lowest BCUT2D eigenvalue weighted by molar-refractivity contribution is 0.641. The minimum absolute atomic E-state index is 0.146. The van der Waals surface area contributed by atoms with E-state index in [-0.39, 0.29) is 4.88 Å². The van der Waals surface area contributed by atoms with Crippen molar-refractivity contribution < 1.29 is 4.39 Å². The largest absolute Gasteiger partial charge is 0.204 e. The van der Waals surface area contributed by atoms with Gasteiger partial charge in [-0.1, -0.05) is 15.9 Å². The van der Waals surface area contributed by atoms with Gasteiger partial charge in [0.25, 0.3) is 0 Å². The van der Waals surface area contributed by atoms with Gasteiger partial charge in [0.2, 0.25) is 0 Å². The van der Waals surface area contributed by atoms with Crippen molar-refractivity contribution in [1.82, 2.24) is 0 Å². The van der Waals surface area contributed by atoms with Crippen LogP contribution in [0.4, 0.5) is 4.39 Å². The molecule has 0 aliphatic heterocycles. The van der Waals surface area contributed by atoms with Crippen LogP contribution >= 0.6 is 27.3 Å². The van der Waals surface area contributed by atoms with E-state index in [4.69, 9.17) is 5.26 Å². The molecule has 1 nitrogen and oxygen atoms in total. The summed E-state index contributed by atoms with van der Waals surface area (Å²) in [4.78, 5) is 0.146. The third-order valence-electron chi connectivity index (χ3n) is 1.69. The first-order valence-electron chi connectivity index (χ1n) is 3.50. The Kier molecular flexibility index (Phi) is 2.06. The lowest BCUT2D eigenvalue weighted by atomic mass is 10.2. The highest BCUT2D eigenvalue weighted by atomic mass is 79.9. The fourth-order valence-electron chi connectivity index (χ4n) is 1.11. The van der Waals surface area contributed by atoms with E-state index in [1.54, 1.807) is 12.1 Å². The molecule has 13 heavy (non-hydrogen) atoms. The maximum absolute atomic E-state index is 13.3. The lowest BCUT2D eigenvalue weighted by Crippen LogP contribution is -1.72. The molecular formula is C9H3BrFNS. The average Bonchev–Trinajstić information content (AvgIpc) is 2.42. The smallest absolute Gasteiger partial charge is 0.159 e. The van der Waals surface area contributed by atoms with Crippen LogP contribution in [-0.2, 0) is 0 Å². The van der Waals surface area contributed by atoms with Gasteiger partial charge in [-0.3, -0.25) is 0 Å². The maximum atomic E-state index is 13.3. The standard InChI is InChI=1S/C9H3BrFNS/c10-5-1-2-6-7(3-5)13-8(4-12)9(6)11/h1-3H. The first-order valence-corrected chi connectivity index (χ1v) is 5.11. The number of thiophene rings is 1. The van der Waals surface area contributed by atoms with Crippen LogP contribution < -0.4 is 0 Å². The molecule has 0 aliphatic carbocycles. The van der Waals surface area contributed by atoms with Crippen LogP contribution in [0.1, 0.15) is 4.88 Å². The fraction of sp³-hybridized carbons (Fsp3) is 0. The second kappa shape index (κ2) is 3.09. The molecule has 1 aromatic carbocycles. The minimum Gasteiger partial charge on any atom is -0.204 e. The summed E-state index contributed by atoms with van der Waals surface area (Å²) in [6, 6.07) is 7.08. The van der Waals surface area contributed by atoms with Gasteiger partial charge >= 0.3 is 0 Å². The Morgan fingerprint density at radius 1 is 1.46 bits per heavy atom. The van der Waals surface area contributed by atoms with Crippen molar-refractivity contribution in [2.24, 2.45) is 0 Å². The van der Waals surface area contributed by atoms with E-state index in [0.717, 1.165) is 9.17 Å². The molecule has 64 valence electrons. The van der Waals surface area contributed by atoms with Crippen LogP contribution in [-0.4, -0.2) is 0 Å². The predicted octanol–water partition coefficient (Wildman–Crippen LogP) is 3.67. The summed E-state index contributed by atoms with van der Waals surface area (Å²) in [5.41, 5.74) is 0. The van der Waals surface area contributed by atoms with Crippen molar-refractivity contribution in [2.75, 3.05) is 0 Å². The molecule has 0 atom stereocenters. The van der Waals surface area contributed by atoms with Gasteiger partial charge in [-0.25, -0.2) is 4.39 Å². The summed E-state index contributed by atoms with van der Waals surface area (Å²) in [5.74, 6) is -0.407. The second-order valence-electron chi connectivity index (χ2n) is 2.50. The van der Waals surface area contributed by atoms with E-state index in [1.165, 1.54) is 11.3 Å². The SMILES string of the molecule is N#Cc1sc2cc(Br)ccc2c1F. The molecule has 0 fully saturated rings. The van der Waals surface area contributed by atoms with Gasteiger partial charge in [0.05, 0.1) is 0 Å². The van der Waals surface area contributed by atoms with Gasteiger partial charge in [-0.2, -0.15) is 5.26 Å². The highest BCUT2D eigenvalue weighted by molar-refractivity contribution is 9.10. The summed E-state index contributed by atoms with van der Waals surface area (Å²) < 4.78 is 15.0. The maximum Gasteiger partial charge on any atom is 0.159 e. The van der Waals surface area contributed by atoms with Crippen molar-refractivity contribution in [3.05, 3.63) is 33.4 Å². The zero-order valence-corrected chi connectivity index (χ0v) is 8.75. The van der Waals surface area contributed by atoms with Crippen LogP contribution in [0.25, 0.3) is 10.1 Å². The Morgan fingerprint density at radius 2 is 2.23 bits per heavy atom. The number of fused-ring (bicyclic) bond motifs is 1. The van der Waals surface area contributed by atoms with E-state index < -0.39 is 5.82 Å². The Balaban J connectivity index is 2.86. The predicted molar refractivity (Wildman–Crippen MR) is 54.2 cm³/mol. The van der Waals surface area contributed by atoms with Crippen LogP contribution in [0.5, 0.6) is 0 Å².